The zero-order valence-corrected chi connectivity index (χ0v) is 13.5. The summed E-state index contributed by atoms with van der Waals surface area (Å²) in [6.07, 6.45) is 0. The molecule has 9 heteroatoms. The van der Waals surface area contributed by atoms with Crippen LogP contribution in [0.25, 0.3) is 0 Å². The standard InChI is InChI=1S/C12H15BrF2N2O3S/c13-10-7-9(14)8-11(15)12(10)21(18,19)16-1-2-17-3-5-20-6-4-17/h7-8,16H,1-6H2. The Bertz CT molecular complexity index is 584. The molecule has 21 heavy (non-hydrogen) atoms. The van der Waals surface area contributed by atoms with Gasteiger partial charge in [-0.3, -0.25) is 4.90 Å². The van der Waals surface area contributed by atoms with E-state index in [1.165, 1.54) is 0 Å². The number of sulfonamides is 1. The van der Waals surface area contributed by atoms with Crippen LogP contribution in [0.4, 0.5) is 8.78 Å². The third-order valence-corrected chi connectivity index (χ3v) is 5.48. The molecule has 1 aliphatic rings. The first kappa shape index (κ1) is 16.8. The minimum absolute atomic E-state index is 0.140. The SMILES string of the molecule is O=S(=O)(NCCN1CCOCC1)c1c(F)cc(F)cc1Br. The first-order valence-corrected chi connectivity index (χ1v) is 8.62. The lowest BCUT2D eigenvalue weighted by molar-refractivity contribution is 0.0390. The summed E-state index contributed by atoms with van der Waals surface area (Å²) in [6.45, 7) is 3.34. The average Bonchev–Trinajstić information content (AvgIpc) is 2.38. The highest BCUT2D eigenvalue weighted by molar-refractivity contribution is 9.10. The van der Waals surface area contributed by atoms with Crippen molar-refractivity contribution in [1.82, 2.24) is 9.62 Å². The normalized spacial score (nSPS) is 17.1. The molecule has 0 aromatic heterocycles. The maximum Gasteiger partial charge on any atom is 0.244 e. The highest BCUT2D eigenvalue weighted by Gasteiger charge is 2.23. The van der Waals surface area contributed by atoms with Gasteiger partial charge in [-0.15, -0.1) is 0 Å². The van der Waals surface area contributed by atoms with Crippen molar-refractivity contribution >= 4 is 26.0 Å². The molecule has 0 spiro atoms. The predicted molar refractivity (Wildman–Crippen MR) is 76.5 cm³/mol. The summed E-state index contributed by atoms with van der Waals surface area (Å²) in [5.41, 5.74) is 0. The van der Waals surface area contributed by atoms with Gasteiger partial charge in [-0.25, -0.2) is 21.9 Å². The second-order valence-electron chi connectivity index (χ2n) is 4.55. The lowest BCUT2D eigenvalue weighted by atomic mass is 10.3. The molecule has 1 saturated heterocycles. The molecule has 0 atom stereocenters. The molecule has 1 fully saturated rings. The van der Waals surface area contributed by atoms with E-state index in [-0.39, 0.29) is 11.0 Å². The number of nitrogens with zero attached hydrogens (tertiary/aromatic N) is 1. The molecule has 118 valence electrons. The average molecular weight is 385 g/mol. The Labute approximate surface area is 130 Å². The molecule has 2 rings (SSSR count). The van der Waals surface area contributed by atoms with Crippen LogP contribution in [-0.4, -0.2) is 52.7 Å². The Hall–Kier alpha value is -0.610. The molecule has 1 aliphatic heterocycles. The summed E-state index contributed by atoms with van der Waals surface area (Å²) in [5.74, 6) is -1.97. The molecule has 0 amide bonds. The van der Waals surface area contributed by atoms with Gasteiger partial charge < -0.3 is 4.74 Å². The number of ether oxygens (including phenoxy) is 1. The molecule has 0 saturated carbocycles. The quantitative estimate of drug-likeness (QED) is 0.831. The van der Waals surface area contributed by atoms with Gasteiger partial charge in [0.2, 0.25) is 10.0 Å². The van der Waals surface area contributed by atoms with Gasteiger partial charge in [0.25, 0.3) is 0 Å². The minimum atomic E-state index is -4.04. The van der Waals surface area contributed by atoms with Gasteiger partial charge in [0.15, 0.2) is 0 Å². The van der Waals surface area contributed by atoms with Crippen LogP contribution in [0.15, 0.2) is 21.5 Å². The number of morpholine rings is 1. The summed E-state index contributed by atoms with van der Waals surface area (Å²) >= 11 is 2.88. The largest absolute Gasteiger partial charge is 0.379 e. The second kappa shape index (κ2) is 7.10. The molecule has 0 unspecified atom stereocenters. The molecule has 1 aromatic carbocycles. The number of hydrogen-bond donors (Lipinski definition) is 1. The van der Waals surface area contributed by atoms with E-state index in [1.807, 2.05) is 4.90 Å². The van der Waals surface area contributed by atoms with E-state index < -0.39 is 26.6 Å². The summed E-state index contributed by atoms with van der Waals surface area (Å²) in [7, 11) is -4.04. The molecule has 1 N–H and O–H groups in total. The third kappa shape index (κ3) is 4.43. The Balaban J connectivity index is 2.01. The van der Waals surface area contributed by atoms with Crippen molar-refractivity contribution in [2.24, 2.45) is 0 Å². The number of rotatable bonds is 5. The van der Waals surface area contributed by atoms with Crippen LogP contribution in [0.3, 0.4) is 0 Å². The van der Waals surface area contributed by atoms with Gasteiger partial charge in [0.05, 0.1) is 13.2 Å². The maximum atomic E-state index is 13.7. The summed E-state index contributed by atoms with van der Waals surface area (Å²) < 4.78 is 58.2. The number of hydrogen-bond acceptors (Lipinski definition) is 4. The van der Waals surface area contributed by atoms with E-state index in [9.17, 15) is 17.2 Å². The van der Waals surface area contributed by atoms with Gasteiger partial charge in [-0.1, -0.05) is 0 Å². The third-order valence-electron chi connectivity index (χ3n) is 3.06. The van der Waals surface area contributed by atoms with Gasteiger partial charge >= 0.3 is 0 Å². The van der Waals surface area contributed by atoms with E-state index in [0.717, 1.165) is 19.2 Å². The zero-order chi connectivity index (χ0) is 15.5. The van der Waals surface area contributed by atoms with Crippen molar-refractivity contribution in [3.63, 3.8) is 0 Å². The highest BCUT2D eigenvalue weighted by atomic mass is 79.9. The second-order valence-corrected chi connectivity index (χ2v) is 7.11. The zero-order valence-electron chi connectivity index (χ0n) is 11.1. The minimum Gasteiger partial charge on any atom is -0.379 e. The molecule has 0 aliphatic carbocycles. The first-order valence-electron chi connectivity index (χ1n) is 6.34. The molecule has 1 heterocycles. The molecular weight excluding hydrogens is 370 g/mol. The monoisotopic (exact) mass is 384 g/mol. The summed E-state index contributed by atoms with van der Waals surface area (Å²) in [4.78, 5) is 1.47. The molecule has 5 nitrogen and oxygen atoms in total. The van der Waals surface area contributed by atoms with Crippen molar-refractivity contribution in [1.29, 1.82) is 0 Å². The molecule has 0 bridgehead atoms. The first-order chi connectivity index (χ1) is 9.90. The topological polar surface area (TPSA) is 58.6 Å². The Morgan fingerprint density at radius 1 is 1.29 bits per heavy atom. The fraction of sp³-hybridized carbons (Fsp3) is 0.500. The Morgan fingerprint density at radius 3 is 2.57 bits per heavy atom. The van der Waals surface area contributed by atoms with Gasteiger partial charge in [0, 0.05) is 36.7 Å². The number of halogens is 3. The van der Waals surface area contributed by atoms with Crippen LogP contribution in [0.2, 0.25) is 0 Å². The fourth-order valence-corrected chi connectivity index (χ4v) is 4.20. The molecule has 0 radical (unpaired) electrons. The van der Waals surface area contributed by atoms with Gasteiger partial charge in [-0.2, -0.15) is 0 Å². The number of benzene rings is 1. The Morgan fingerprint density at radius 2 is 1.95 bits per heavy atom. The van der Waals surface area contributed by atoms with Crippen molar-refractivity contribution in [3.05, 3.63) is 28.2 Å². The summed E-state index contributed by atoms with van der Waals surface area (Å²) in [5, 5.41) is 0. The van der Waals surface area contributed by atoms with Gasteiger partial charge in [-0.05, 0) is 22.0 Å². The van der Waals surface area contributed by atoms with Crippen LogP contribution in [-0.2, 0) is 14.8 Å². The fourth-order valence-electron chi connectivity index (χ4n) is 2.02. The van der Waals surface area contributed by atoms with E-state index in [1.54, 1.807) is 0 Å². The lowest BCUT2D eigenvalue weighted by Gasteiger charge is -2.26. The van der Waals surface area contributed by atoms with E-state index in [0.29, 0.717) is 25.8 Å². The van der Waals surface area contributed by atoms with E-state index in [4.69, 9.17) is 4.74 Å². The number of nitrogens with one attached hydrogen (secondary N) is 1. The Kier molecular flexibility index (Phi) is 5.67. The highest BCUT2D eigenvalue weighted by Crippen LogP contribution is 2.25. The van der Waals surface area contributed by atoms with Crippen molar-refractivity contribution in [3.8, 4) is 0 Å². The maximum absolute atomic E-state index is 13.7. The van der Waals surface area contributed by atoms with Crippen molar-refractivity contribution in [2.75, 3.05) is 39.4 Å². The van der Waals surface area contributed by atoms with Crippen LogP contribution in [0.1, 0.15) is 0 Å². The molecular formula is C12H15BrF2N2O3S. The smallest absolute Gasteiger partial charge is 0.244 e. The van der Waals surface area contributed by atoms with E-state index >= 15 is 0 Å². The van der Waals surface area contributed by atoms with Crippen LogP contribution < -0.4 is 4.72 Å². The molecule has 1 aromatic rings. The predicted octanol–water partition coefficient (Wildman–Crippen LogP) is 1.34. The van der Waals surface area contributed by atoms with Crippen molar-refractivity contribution < 1.29 is 21.9 Å². The van der Waals surface area contributed by atoms with Crippen molar-refractivity contribution in [2.45, 2.75) is 4.90 Å². The van der Waals surface area contributed by atoms with Gasteiger partial charge in [0.1, 0.15) is 16.5 Å². The van der Waals surface area contributed by atoms with Crippen LogP contribution in [0.5, 0.6) is 0 Å². The summed E-state index contributed by atoms with van der Waals surface area (Å²) in [6, 6.07) is 1.46. The van der Waals surface area contributed by atoms with Crippen LogP contribution >= 0.6 is 15.9 Å². The van der Waals surface area contributed by atoms with Crippen LogP contribution in [0, 0.1) is 11.6 Å². The van der Waals surface area contributed by atoms with E-state index in [2.05, 4.69) is 20.7 Å². The lowest BCUT2D eigenvalue weighted by Crippen LogP contribution is -2.41.